The minimum atomic E-state index is -2.28. The Kier molecular flexibility index (Phi) is 3.93. The third-order valence-corrected chi connectivity index (χ3v) is 2.29. The number of alkyl halides is 2. The maximum atomic E-state index is 11.9. The number of rotatable bonds is 4. The zero-order valence-corrected chi connectivity index (χ0v) is 7.27. The lowest BCUT2D eigenvalue weighted by Crippen LogP contribution is -2.26. The molecule has 1 unspecified atom stereocenters. The topological polar surface area (TPSA) is 20.2 Å². The van der Waals surface area contributed by atoms with Crippen molar-refractivity contribution >= 4 is 0 Å². The summed E-state index contributed by atoms with van der Waals surface area (Å²) in [6, 6.07) is 0. The third kappa shape index (κ3) is 3.65. The lowest BCUT2D eigenvalue weighted by molar-refractivity contribution is 0.0418. The fourth-order valence-corrected chi connectivity index (χ4v) is 0.846. The van der Waals surface area contributed by atoms with Gasteiger partial charge in [-0.05, 0) is 11.3 Å². The van der Waals surface area contributed by atoms with E-state index in [0.717, 1.165) is 0 Å². The van der Waals surface area contributed by atoms with Gasteiger partial charge in [0.05, 0.1) is 0 Å². The van der Waals surface area contributed by atoms with Gasteiger partial charge in [0.1, 0.15) is 0 Å². The van der Waals surface area contributed by atoms with Crippen LogP contribution in [0.2, 0.25) is 0 Å². The normalized spacial score (nSPS) is 15.5. The van der Waals surface area contributed by atoms with Crippen LogP contribution in [0.4, 0.5) is 8.78 Å². The van der Waals surface area contributed by atoms with Crippen molar-refractivity contribution in [2.45, 2.75) is 33.6 Å². The van der Waals surface area contributed by atoms with Crippen molar-refractivity contribution in [3.8, 4) is 0 Å². The predicted octanol–water partition coefficient (Wildman–Crippen LogP) is 2.30. The number of halogens is 2. The van der Waals surface area contributed by atoms with Crippen molar-refractivity contribution in [3.63, 3.8) is 0 Å². The maximum Gasteiger partial charge on any atom is 0.239 e. The lowest BCUT2D eigenvalue weighted by atomic mass is 9.78. The van der Waals surface area contributed by atoms with Crippen LogP contribution in [0, 0.1) is 11.3 Å². The first kappa shape index (κ1) is 10.8. The first-order valence-electron chi connectivity index (χ1n) is 3.79. The van der Waals surface area contributed by atoms with E-state index in [0.29, 0.717) is 0 Å². The molecule has 3 heteroatoms. The van der Waals surface area contributed by atoms with Gasteiger partial charge in [0, 0.05) is 13.0 Å². The minimum Gasteiger partial charge on any atom is -0.396 e. The number of aliphatic hydroxyl groups is 1. The molecule has 1 N–H and O–H groups in total. The molecule has 0 rings (SSSR count). The molecular formula is C8H16F2O. The minimum absolute atomic E-state index is 0.0281. The van der Waals surface area contributed by atoms with Gasteiger partial charge in [0.2, 0.25) is 6.43 Å². The van der Waals surface area contributed by atoms with E-state index in [-0.39, 0.29) is 18.9 Å². The van der Waals surface area contributed by atoms with Crippen LogP contribution in [0.5, 0.6) is 0 Å². The molecule has 0 aromatic rings. The molecule has 0 aromatic heterocycles. The molecule has 0 saturated heterocycles. The molecule has 0 fully saturated rings. The molecule has 0 aromatic carbocycles. The molecule has 0 saturated carbocycles. The quantitative estimate of drug-likeness (QED) is 0.679. The second-order valence-corrected chi connectivity index (χ2v) is 3.67. The van der Waals surface area contributed by atoms with Crippen LogP contribution in [0.15, 0.2) is 0 Å². The molecule has 1 atom stereocenters. The Morgan fingerprint density at radius 2 is 1.82 bits per heavy atom. The van der Waals surface area contributed by atoms with Crippen molar-refractivity contribution in [2.75, 3.05) is 6.61 Å². The first-order chi connectivity index (χ1) is 4.90. The second kappa shape index (κ2) is 4.00. The van der Waals surface area contributed by atoms with Crippen LogP contribution < -0.4 is 0 Å². The average Bonchev–Trinajstić information content (AvgIpc) is 1.83. The molecule has 11 heavy (non-hydrogen) atoms. The van der Waals surface area contributed by atoms with Crippen molar-refractivity contribution in [1.82, 2.24) is 0 Å². The standard InChI is InChI=1S/C8H16F2O/c1-6(5-11)8(2,3)4-7(9)10/h6-7,11H,4-5H2,1-3H3. The van der Waals surface area contributed by atoms with Crippen LogP contribution >= 0.6 is 0 Å². The van der Waals surface area contributed by atoms with Crippen molar-refractivity contribution in [2.24, 2.45) is 11.3 Å². The molecule has 0 amide bonds. The Hall–Kier alpha value is -0.180. The number of hydrogen-bond donors (Lipinski definition) is 1. The van der Waals surface area contributed by atoms with E-state index in [1.165, 1.54) is 0 Å². The van der Waals surface area contributed by atoms with Gasteiger partial charge in [-0.1, -0.05) is 20.8 Å². The van der Waals surface area contributed by atoms with Gasteiger partial charge >= 0.3 is 0 Å². The maximum absolute atomic E-state index is 11.9. The summed E-state index contributed by atoms with van der Waals surface area (Å²) in [6.07, 6.45) is -2.42. The van der Waals surface area contributed by atoms with Crippen LogP contribution in [-0.4, -0.2) is 18.1 Å². The second-order valence-electron chi connectivity index (χ2n) is 3.67. The largest absolute Gasteiger partial charge is 0.396 e. The van der Waals surface area contributed by atoms with Gasteiger partial charge in [-0.25, -0.2) is 8.78 Å². The molecule has 0 radical (unpaired) electrons. The highest BCUT2D eigenvalue weighted by Gasteiger charge is 2.28. The van der Waals surface area contributed by atoms with Gasteiger partial charge in [-0.3, -0.25) is 0 Å². The summed E-state index contributed by atoms with van der Waals surface area (Å²) in [7, 11) is 0. The molecule has 68 valence electrons. The van der Waals surface area contributed by atoms with E-state index in [1.807, 2.05) is 0 Å². The lowest BCUT2D eigenvalue weighted by Gasteiger charge is -2.29. The average molecular weight is 166 g/mol. The van der Waals surface area contributed by atoms with Gasteiger partial charge in [-0.15, -0.1) is 0 Å². The van der Waals surface area contributed by atoms with Gasteiger partial charge in [0.15, 0.2) is 0 Å². The highest BCUT2D eigenvalue weighted by atomic mass is 19.3. The molecule has 0 aliphatic rings. The Morgan fingerprint density at radius 3 is 2.09 bits per heavy atom. The summed E-state index contributed by atoms with van der Waals surface area (Å²) >= 11 is 0. The third-order valence-electron chi connectivity index (χ3n) is 2.29. The monoisotopic (exact) mass is 166 g/mol. The number of aliphatic hydroxyl groups excluding tert-OH is 1. The van der Waals surface area contributed by atoms with E-state index in [2.05, 4.69) is 0 Å². The zero-order chi connectivity index (χ0) is 9.07. The van der Waals surface area contributed by atoms with Gasteiger partial charge in [-0.2, -0.15) is 0 Å². The van der Waals surface area contributed by atoms with E-state index in [1.54, 1.807) is 20.8 Å². The molecule has 0 spiro atoms. The summed E-state index contributed by atoms with van der Waals surface area (Å²) in [5.41, 5.74) is -0.469. The van der Waals surface area contributed by atoms with Crippen molar-refractivity contribution in [3.05, 3.63) is 0 Å². The molecule has 0 aliphatic carbocycles. The Labute approximate surface area is 66.4 Å². The van der Waals surface area contributed by atoms with E-state index < -0.39 is 11.8 Å². The van der Waals surface area contributed by atoms with Crippen LogP contribution in [0.3, 0.4) is 0 Å². The molecule has 0 bridgehead atoms. The predicted molar refractivity (Wildman–Crippen MR) is 40.7 cm³/mol. The van der Waals surface area contributed by atoms with Gasteiger partial charge in [0.25, 0.3) is 0 Å². The molecule has 0 heterocycles. The summed E-state index contributed by atoms with van der Waals surface area (Å²) in [5.74, 6) is -0.0727. The summed E-state index contributed by atoms with van der Waals surface area (Å²) < 4.78 is 23.9. The molecular weight excluding hydrogens is 150 g/mol. The Morgan fingerprint density at radius 1 is 1.36 bits per heavy atom. The summed E-state index contributed by atoms with van der Waals surface area (Å²) in [4.78, 5) is 0. The SMILES string of the molecule is CC(CO)C(C)(C)CC(F)F. The fraction of sp³-hybridized carbons (Fsp3) is 1.00. The van der Waals surface area contributed by atoms with Gasteiger partial charge < -0.3 is 5.11 Å². The van der Waals surface area contributed by atoms with Crippen molar-refractivity contribution < 1.29 is 13.9 Å². The number of hydrogen-bond acceptors (Lipinski definition) is 1. The fourth-order valence-electron chi connectivity index (χ4n) is 0.846. The summed E-state index contributed by atoms with van der Waals surface area (Å²) in [5, 5.41) is 8.74. The zero-order valence-electron chi connectivity index (χ0n) is 7.27. The van der Waals surface area contributed by atoms with Crippen LogP contribution in [0.1, 0.15) is 27.2 Å². The van der Waals surface area contributed by atoms with E-state index >= 15 is 0 Å². The van der Waals surface area contributed by atoms with Crippen LogP contribution in [-0.2, 0) is 0 Å². The first-order valence-corrected chi connectivity index (χ1v) is 3.79. The molecule has 1 nitrogen and oxygen atoms in total. The highest BCUT2D eigenvalue weighted by Crippen LogP contribution is 2.32. The van der Waals surface area contributed by atoms with Crippen molar-refractivity contribution in [1.29, 1.82) is 0 Å². The van der Waals surface area contributed by atoms with E-state index in [4.69, 9.17) is 5.11 Å². The Balaban J connectivity index is 3.98. The highest BCUT2D eigenvalue weighted by molar-refractivity contribution is 4.75. The molecule has 0 aliphatic heterocycles. The van der Waals surface area contributed by atoms with Crippen LogP contribution in [0.25, 0.3) is 0 Å². The smallest absolute Gasteiger partial charge is 0.239 e. The van der Waals surface area contributed by atoms with E-state index in [9.17, 15) is 8.78 Å². The summed E-state index contributed by atoms with van der Waals surface area (Å²) in [6.45, 7) is 5.25. The Bertz CT molecular complexity index is 113.